The molecule has 1 aliphatic rings. The Balaban J connectivity index is 2.15. The minimum absolute atomic E-state index is 0.203. The van der Waals surface area contributed by atoms with Crippen LogP contribution in [0.4, 0.5) is 0 Å². The number of nitrogens with zero attached hydrogens (tertiary/aromatic N) is 2. The van der Waals surface area contributed by atoms with E-state index in [-0.39, 0.29) is 29.4 Å². The van der Waals surface area contributed by atoms with Crippen LogP contribution in [0.15, 0.2) is 66.5 Å². The van der Waals surface area contributed by atoms with Gasteiger partial charge in [0.25, 0.3) is 0 Å². The Morgan fingerprint density at radius 2 is 1.38 bits per heavy atom. The smallest absolute Gasteiger partial charge is 0.289 e. The van der Waals surface area contributed by atoms with Gasteiger partial charge in [0.2, 0.25) is 0 Å². The second-order valence-corrected chi connectivity index (χ2v) is 6.14. The Hall–Kier alpha value is -3.47. The van der Waals surface area contributed by atoms with Gasteiger partial charge in [0.15, 0.2) is 11.6 Å². The minimum Gasteiger partial charge on any atom is -0.289 e. The largest absolute Gasteiger partial charge is 0.329 e. The summed E-state index contributed by atoms with van der Waals surface area (Å²) in [5, 5.41) is 0. The molecule has 5 heteroatoms. The van der Waals surface area contributed by atoms with Gasteiger partial charge in [-0.1, -0.05) is 36.4 Å². The molecule has 26 heavy (non-hydrogen) atoms. The molecule has 3 aromatic rings. The number of hydrogen-bond acceptors (Lipinski definition) is 3. The first-order valence-corrected chi connectivity index (χ1v) is 8.26. The summed E-state index contributed by atoms with van der Waals surface area (Å²) < 4.78 is 3.04. The van der Waals surface area contributed by atoms with Crippen molar-refractivity contribution in [2.45, 2.75) is 13.1 Å². The van der Waals surface area contributed by atoms with Crippen LogP contribution < -0.4 is 5.69 Å². The van der Waals surface area contributed by atoms with Crippen LogP contribution >= 0.6 is 0 Å². The molecule has 0 bridgehead atoms. The van der Waals surface area contributed by atoms with E-state index in [1.54, 1.807) is 53.1 Å². The van der Waals surface area contributed by atoms with Crippen molar-refractivity contribution in [2.24, 2.45) is 0 Å². The van der Waals surface area contributed by atoms with Gasteiger partial charge in [-0.05, 0) is 12.1 Å². The van der Waals surface area contributed by atoms with E-state index < -0.39 is 0 Å². The molecule has 1 aromatic heterocycles. The lowest BCUT2D eigenvalue weighted by molar-refractivity contribution is 0.0980. The Bertz CT molecular complexity index is 1180. The Labute approximate surface area is 149 Å². The SMILES string of the molecule is C=CCn1c(=O)n(CC=C)c2c3c(ccc21)C(=O)c1ccccc1C3=O. The van der Waals surface area contributed by atoms with Crippen LogP contribution in [-0.4, -0.2) is 20.7 Å². The molecule has 0 unspecified atom stereocenters. The molecule has 5 nitrogen and oxygen atoms in total. The average molecular weight is 344 g/mol. The summed E-state index contributed by atoms with van der Waals surface area (Å²) in [6, 6.07) is 10.1. The molecule has 0 amide bonds. The summed E-state index contributed by atoms with van der Waals surface area (Å²) in [6.45, 7) is 7.96. The lowest BCUT2D eigenvalue weighted by Gasteiger charge is -2.18. The zero-order chi connectivity index (χ0) is 18.4. The molecule has 128 valence electrons. The molecule has 0 saturated carbocycles. The van der Waals surface area contributed by atoms with Crippen molar-refractivity contribution < 1.29 is 9.59 Å². The van der Waals surface area contributed by atoms with Crippen LogP contribution in [0.3, 0.4) is 0 Å². The van der Waals surface area contributed by atoms with Crippen LogP contribution in [0.5, 0.6) is 0 Å². The molecule has 0 saturated heterocycles. The summed E-state index contributed by atoms with van der Waals surface area (Å²) in [4.78, 5) is 38.9. The lowest BCUT2D eigenvalue weighted by atomic mass is 9.83. The van der Waals surface area contributed by atoms with E-state index in [4.69, 9.17) is 0 Å². The average Bonchev–Trinajstić information content (AvgIpc) is 2.92. The first kappa shape index (κ1) is 16.0. The monoisotopic (exact) mass is 344 g/mol. The van der Waals surface area contributed by atoms with Crippen LogP contribution in [0.1, 0.15) is 31.8 Å². The van der Waals surface area contributed by atoms with Crippen molar-refractivity contribution in [2.75, 3.05) is 0 Å². The Kier molecular flexibility index (Phi) is 3.58. The number of ketones is 2. The maximum atomic E-state index is 13.2. The zero-order valence-corrected chi connectivity index (χ0v) is 14.1. The number of carbonyl (C=O) groups is 2. The van der Waals surface area contributed by atoms with Gasteiger partial charge in [-0.3, -0.25) is 18.7 Å². The zero-order valence-electron chi connectivity index (χ0n) is 14.1. The molecule has 0 N–H and O–H groups in total. The van der Waals surface area contributed by atoms with Crippen molar-refractivity contribution in [3.63, 3.8) is 0 Å². The number of hydrogen-bond donors (Lipinski definition) is 0. The third-order valence-electron chi connectivity index (χ3n) is 4.69. The number of fused-ring (bicyclic) bond motifs is 4. The van der Waals surface area contributed by atoms with E-state index in [1.807, 2.05) is 0 Å². The summed E-state index contributed by atoms with van der Waals surface area (Å²) in [6.07, 6.45) is 3.22. The highest BCUT2D eigenvalue weighted by molar-refractivity contribution is 6.31. The molecule has 0 radical (unpaired) electrons. The van der Waals surface area contributed by atoms with Crippen molar-refractivity contribution in [1.29, 1.82) is 0 Å². The van der Waals surface area contributed by atoms with Gasteiger partial charge >= 0.3 is 5.69 Å². The van der Waals surface area contributed by atoms with Gasteiger partial charge in [0.05, 0.1) is 16.6 Å². The third kappa shape index (κ3) is 2.00. The van der Waals surface area contributed by atoms with Crippen molar-refractivity contribution in [3.05, 3.63) is 94.4 Å². The first-order chi connectivity index (χ1) is 12.6. The van der Waals surface area contributed by atoms with E-state index in [0.717, 1.165) is 0 Å². The molecule has 2 aromatic carbocycles. The van der Waals surface area contributed by atoms with E-state index >= 15 is 0 Å². The predicted molar refractivity (Wildman–Crippen MR) is 99.9 cm³/mol. The van der Waals surface area contributed by atoms with Gasteiger partial charge < -0.3 is 0 Å². The predicted octanol–water partition coefficient (Wildman–Crippen LogP) is 2.95. The highest BCUT2D eigenvalue weighted by atomic mass is 16.2. The molecule has 1 aliphatic carbocycles. The quantitative estimate of drug-likeness (QED) is 0.535. The summed E-state index contributed by atoms with van der Waals surface area (Å²) in [5.41, 5.74) is 2.20. The second-order valence-electron chi connectivity index (χ2n) is 6.14. The number of imidazole rings is 1. The molecular formula is C21H16N2O3. The van der Waals surface area contributed by atoms with E-state index in [1.165, 1.54) is 4.57 Å². The highest BCUT2D eigenvalue weighted by Gasteiger charge is 2.33. The molecular weight excluding hydrogens is 328 g/mol. The fraction of sp³-hybridized carbons (Fsp3) is 0.0952. The molecule has 0 aliphatic heterocycles. The van der Waals surface area contributed by atoms with Gasteiger partial charge in [-0.2, -0.15) is 0 Å². The summed E-state index contributed by atoms with van der Waals surface area (Å²) in [7, 11) is 0. The Morgan fingerprint density at radius 1 is 0.769 bits per heavy atom. The second kappa shape index (κ2) is 5.81. The normalized spacial score (nSPS) is 12.8. The molecule has 0 spiro atoms. The van der Waals surface area contributed by atoms with Crippen LogP contribution in [0, 0.1) is 0 Å². The van der Waals surface area contributed by atoms with Gasteiger partial charge in [-0.25, -0.2) is 4.79 Å². The summed E-state index contributed by atoms with van der Waals surface area (Å²) in [5.74, 6) is -0.444. The lowest BCUT2D eigenvalue weighted by Crippen LogP contribution is -2.25. The van der Waals surface area contributed by atoms with E-state index in [0.29, 0.717) is 34.3 Å². The van der Waals surface area contributed by atoms with Crippen LogP contribution in [0.2, 0.25) is 0 Å². The molecule has 1 heterocycles. The van der Waals surface area contributed by atoms with Crippen molar-refractivity contribution >= 4 is 22.6 Å². The summed E-state index contributed by atoms with van der Waals surface area (Å²) >= 11 is 0. The first-order valence-electron chi connectivity index (χ1n) is 8.26. The number of rotatable bonds is 4. The standard InChI is InChI=1S/C21H16N2O3/c1-3-11-22-16-10-9-15-17(18(16)23(12-4-2)21(22)26)20(25)14-8-6-5-7-13(14)19(15)24/h3-10H,1-2,11-12H2. The van der Waals surface area contributed by atoms with Crippen LogP contribution in [-0.2, 0) is 13.1 Å². The molecule has 4 rings (SSSR count). The van der Waals surface area contributed by atoms with E-state index in [2.05, 4.69) is 13.2 Å². The minimum atomic E-state index is -0.257. The van der Waals surface area contributed by atoms with Crippen molar-refractivity contribution in [1.82, 2.24) is 9.13 Å². The Morgan fingerprint density at radius 3 is 2.04 bits per heavy atom. The topological polar surface area (TPSA) is 61.1 Å². The number of allylic oxidation sites excluding steroid dienone is 2. The molecule has 0 fully saturated rings. The van der Waals surface area contributed by atoms with Gasteiger partial charge in [-0.15, -0.1) is 13.2 Å². The third-order valence-corrected chi connectivity index (χ3v) is 4.69. The van der Waals surface area contributed by atoms with Gasteiger partial charge in [0.1, 0.15) is 0 Å². The number of carbonyl (C=O) groups excluding carboxylic acids is 2. The number of aromatic nitrogens is 2. The van der Waals surface area contributed by atoms with Gasteiger partial charge in [0, 0.05) is 29.8 Å². The maximum absolute atomic E-state index is 13.2. The van der Waals surface area contributed by atoms with Crippen molar-refractivity contribution in [3.8, 4) is 0 Å². The highest BCUT2D eigenvalue weighted by Crippen LogP contribution is 2.32. The fourth-order valence-corrected chi connectivity index (χ4v) is 3.60. The maximum Gasteiger partial charge on any atom is 0.329 e. The number of benzene rings is 2. The van der Waals surface area contributed by atoms with E-state index in [9.17, 15) is 14.4 Å². The molecule has 0 atom stereocenters. The fourth-order valence-electron chi connectivity index (χ4n) is 3.60. The van der Waals surface area contributed by atoms with Crippen LogP contribution in [0.25, 0.3) is 11.0 Å².